The first-order valence-corrected chi connectivity index (χ1v) is 11.7. The van der Waals surface area contributed by atoms with E-state index in [0.717, 1.165) is 46.6 Å². The van der Waals surface area contributed by atoms with Crippen molar-refractivity contribution < 1.29 is 13.6 Å². The third-order valence-electron chi connectivity index (χ3n) is 5.60. The number of fused-ring (bicyclic) bond motifs is 2. The summed E-state index contributed by atoms with van der Waals surface area (Å²) in [4.78, 5) is 0. The maximum atomic E-state index is 12.9. The molecule has 2 aromatic carbocycles. The molecule has 0 fully saturated rings. The van der Waals surface area contributed by atoms with Gasteiger partial charge in [0.2, 0.25) is 0 Å². The van der Waals surface area contributed by atoms with Gasteiger partial charge in [0.25, 0.3) is 0 Å². The van der Waals surface area contributed by atoms with E-state index in [-0.39, 0.29) is 10.8 Å². The van der Waals surface area contributed by atoms with Gasteiger partial charge in [0.15, 0.2) is 11.5 Å². The van der Waals surface area contributed by atoms with Gasteiger partial charge in [-0.25, -0.2) is 9.05 Å². The lowest BCUT2D eigenvalue weighted by atomic mass is 9.81. The van der Waals surface area contributed by atoms with E-state index in [1.54, 1.807) is 0 Å². The predicted octanol–water partition coefficient (Wildman–Crippen LogP) is 7.43. The molecule has 0 saturated heterocycles. The zero-order valence-corrected chi connectivity index (χ0v) is 20.0. The first-order valence-electron chi connectivity index (χ1n) is 10.6. The number of benzene rings is 2. The van der Waals surface area contributed by atoms with Crippen LogP contribution in [0.25, 0.3) is 0 Å². The topological polar surface area (TPSA) is 35.5 Å². The van der Waals surface area contributed by atoms with Gasteiger partial charge in [-0.05, 0) is 34.8 Å². The van der Waals surface area contributed by atoms with Crippen LogP contribution in [-0.2, 0) is 34.7 Å². The molecule has 3 rings (SSSR count). The van der Waals surface area contributed by atoms with Crippen LogP contribution in [0.5, 0.6) is 11.5 Å². The number of hydrogen-bond acceptors (Lipinski definition) is 3. The fourth-order valence-corrected chi connectivity index (χ4v) is 4.65. The molecular weight excluding hydrogens is 379 g/mol. The van der Waals surface area contributed by atoms with Crippen LogP contribution < -0.4 is 9.05 Å². The SMILES string of the molecule is CCc1cc2c(c(C(C)(C)C)c1)O[P+](=O)Oc1c(cc(CC)cc1C(C)(C)C)C2. The Morgan fingerprint density at radius 1 is 0.759 bits per heavy atom. The summed E-state index contributed by atoms with van der Waals surface area (Å²) in [6.45, 7) is 17.3. The van der Waals surface area contributed by atoms with Gasteiger partial charge in [0, 0.05) is 33.2 Å². The van der Waals surface area contributed by atoms with Gasteiger partial charge in [-0.3, -0.25) is 0 Å². The van der Waals surface area contributed by atoms with Crippen LogP contribution in [0.1, 0.15) is 88.8 Å². The minimum atomic E-state index is -2.31. The molecule has 0 N–H and O–H groups in total. The monoisotopic (exact) mass is 413 g/mol. The molecule has 1 aliphatic rings. The van der Waals surface area contributed by atoms with Crippen LogP contribution in [-0.4, -0.2) is 0 Å². The second kappa shape index (κ2) is 7.76. The highest BCUT2D eigenvalue weighted by Gasteiger charge is 2.37. The Morgan fingerprint density at radius 2 is 1.14 bits per heavy atom. The fourth-order valence-electron chi connectivity index (χ4n) is 3.88. The molecule has 2 aromatic rings. The summed E-state index contributed by atoms with van der Waals surface area (Å²) < 4.78 is 24.9. The van der Waals surface area contributed by atoms with E-state index in [9.17, 15) is 4.57 Å². The first-order chi connectivity index (χ1) is 13.4. The molecule has 0 bridgehead atoms. The van der Waals surface area contributed by atoms with Crippen molar-refractivity contribution in [2.75, 3.05) is 0 Å². The Hall–Kier alpha value is -1.86. The molecule has 29 heavy (non-hydrogen) atoms. The smallest absolute Gasteiger partial charge is 0.222 e. The van der Waals surface area contributed by atoms with Crippen LogP contribution in [0.15, 0.2) is 24.3 Å². The van der Waals surface area contributed by atoms with Gasteiger partial charge in [0.1, 0.15) is 0 Å². The molecule has 0 atom stereocenters. The summed E-state index contributed by atoms with van der Waals surface area (Å²) in [5.41, 5.74) is 6.68. The molecule has 1 aliphatic heterocycles. The van der Waals surface area contributed by atoms with Gasteiger partial charge in [-0.1, -0.05) is 79.7 Å². The molecule has 0 amide bonds. The summed E-state index contributed by atoms with van der Waals surface area (Å²) in [6, 6.07) is 8.79. The molecule has 0 radical (unpaired) electrons. The zero-order chi connectivity index (χ0) is 21.6. The molecule has 4 heteroatoms. The zero-order valence-electron chi connectivity index (χ0n) is 19.1. The summed E-state index contributed by atoms with van der Waals surface area (Å²) in [6.07, 6.45) is 2.61. The maximum absolute atomic E-state index is 12.9. The normalized spacial score (nSPS) is 14.3. The van der Waals surface area contributed by atoms with E-state index < -0.39 is 8.25 Å². The van der Waals surface area contributed by atoms with E-state index in [4.69, 9.17) is 9.05 Å². The molecule has 0 unspecified atom stereocenters. The van der Waals surface area contributed by atoms with Gasteiger partial charge >= 0.3 is 8.25 Å². The third kappa shape index (κ3) is 4.51. The van der Waals surface area contributed by atoms with Crippen molar-refractivity contribution in [1.29, 1.82) is 0 Å². The Morgan fingerprint density at radius 3 is 1.45 bits per heavy atom. The quantitative estimate of drug-likeness (QED) is 0.480. The highest BCUT2D eigenvalue weighted by Crippen LogP contribution is 2.47. The Balaban J connectivity index is 2.29. The van der Waals surface area contributed by atoms with Crippen molar-refractivity contribution in [3.63, 3.8) is 0 Å². The molecule has 156 valence electrons. The van der Waals surface area contributed by atoms with Crippen LogP contribution in [0.2, 0.25) is 0 Å². The molecule has 0 saturated carbocycles. The summed E-state index contributed by atoms with van der Waals surface area (Å²) in [7, 11) is -2.31. The number of hydrogen-bond donors (Lipinski definition) is 0. The molecule has 1 heterocycles. The van der Waals surface area contributed by atoms with Crippen molar-refractivity contribution >= 4 is 8.25 Å². The lowest BCUT2D eigenvalue weighted by Gasteiger charge is -2.26. The van der Waals surface area contributed by atoms with Crippen LogP contribution in [0, 0.1) is 0 Å². The minimum absolute atomic E-state index is 0.116. The van der Waals surface area contributed by atoms with Crippen molar-refractivity contribution in [3.05, 3.63) is 57.6 Å². The van der Waals surface area contributed by atoms with Gasteiger partial charge in [0.05, 0.1) is 0 Å². The van der Waals surface area contributed by atoms with Crippen LogP contribution in [0.3, 0.4) is 0 Å². The Kier molecular flexibility index (Phi) is 5.84. The minimum Gasteiger partial charge on any atom is -0.222 e. The van der Waals surface area contributed by atoms with Crippen molar-refractivity contribution in [1.82, 2.24) is 0 Å². The van der Waals surface area contributed by atoms with Gasteiger partial charge < -0.3 is 0 Å². The summed E-state index contributed by atoms with van der Waals surface area (Å²) in [5.74, 6) is 1.45. The maximum Gasteiger partial charge on any atom is 0.805 e. The van der Waals surface area contributed by atoms with E-state index in [2.05, 4.69) is 79.7 Å². The Labute approximate surface area is 176 Å². The molecular formula is C25H34O3P+. The largest absolute Gasteiger partial charge is 0.805 e. The second-order valence-electron chi connectivity index (χ2n) is 10.1. The molecule has 3 nitrogen and oxygen atoms in total. The number of rotatable bonds is 2. The average molecular weight is 414 g/mol. The van der Waals surface area contributed by atoms with Crippen LogP contribution in [0.4, 0.5) is 0 Å². The standard InChI is InChI=1S/C25H34O3P/c1-9-16-11-18-15-19-12-17(10-2)14-21(25(6,7)8)23(19)28-29(26)27-22(18)20(13-16)24(3,4)5/h11-14H,9-10,15H2,1-8H3/q+1. The summed E-state index contributed by atoms with van der Waals surface area (Å²) in [5, 5.41) is 0. The van der Waals surface area contributed by atoms with Gasteiger partial charge in [-0.2, -0.15) is 0 Å². The highest BCUT2D eigenvalue weighted by molar-refractivity contribution is 7.34. The molecule has 0 aliphatic carbocycles. The number of aryl methyl sites for hydroxylation is 2. The average Bonchev–Trinajstić information content (AvgIpc) is 2.60. The van der Waals surface area contributed by atoms with Crippen molar-refractivity contribution in [2.24, 2.45) is 0 Å². The van der Waals surface area contributed by atoms with Crippen LogP contribution >= 0.6 is 8.25 Å². The highest BCUT2D eigenvalue weighted by atomic mass is 31.1. The lowest BCUT2D eigenvalue weighted by Crippen LogP contribution is -2.18. The molecule has 0 aromatic heterocycles. The lowest BCUT2D eigenvalue weighted by molar-refractivity contribution is 0.395. The third-order valence-corrected chi connectivity index (χ3v) is 6.26. The Bertz CT molecular complexity index is 871. The first kappa shape index (κ1) is 21.8. The van der Waals surface area contributed by atoms with E-state index in [0.29, 0.717) is 6.42 Å². The van der Waals surface area contributed by atoms with E-state index >= 15 is 0 Å². The molecule has 0 spiro atoms. The van der Waals surface area contributed by atoms with Gasteiger partial charge in [-0.15, -0.1) is 0 Å². The second-order valence-corrected chi connectivity index (χ2v) is 10.9. The summed E-state index contributed by atoms with van der Waals surface area (Å²) >= 11 is 0. The predicted molar refractivity (Wildman–Crippen MR) is 121 cm³/mol. The van der Waals surface area contributed by atoms with E-state index in [1.165, 1.54) is 11.1 Å². The van der Waals surface area contributed by atoms with Crippen molar-refractivity contribution in [3.8, 4) is 11.5 Å². The van der Waals surface area contributed by atoms with Crippen molar-refractivity contribution in [2.45, 2.75) is 85.5 Å². The fraction of sp³-hybridized carbons (Fsp3) is 0.520. The van der Waals surface area contributed by atoms with E-state index in [1.807, 2.05) is 0 Å².